The van der Waals surface area contributed by atoms with Crippen LogP contribution in [0.1, 0.15) is 24.0 Å². The van der Waals surface area contributed by atoms with E-state index in [0.29, 0.717) is 29.8 Å². The maximum Gasteiger partial charge on any atom is 0.203 e. The first-order valence-electron chi connectivity index (χ1n) is 10.7. The van der Waals surface area contributed by atoms with Gasteiger partial charge in [0.05, 0.1) is 21.3 Å². The van der Waals surface area contributed by atoms with E-state index in [-0.39, 0.29) is 24.0 Å². The van der Waals surface area contributed by atoms with Crippen LogP contribution < -0.4 is 24.8 Å². The Labute approximate surface area is 208 Å². The molecule has 3 rings (SSSR count). The fourth-order valence-corrected chi connectivity index (χ4v) is 4.07. The Morgan fingerprint density at radius 2 is 1.75 bits per heavy atom. The van der Waals surface area contributed by atoms with Crippen molar-refractivity contribution < 1.29 is 14.2 Å². The van der Waals surface area contributed by atoms with Crippen LogP contribution in [0.5, 0.6) is 17.2 Å². The summed E-state index contributed by atoms with van der Waals surface area (Å²) in [5.41, 5.74) is 2.33. The summed E-state index contributed by atoms with van der Waals surface area (Å²) in [6.07, 6.45) is 2.42. The van der Waals surface area contributed by atoms with Crippen molar-refractivity contribution in [1.82, 2.24) is 15.5 Å². The molecule has 1 aliphatic rings. The van der Waals surface area contributed by atoms with Gasteiger partial charge in [-0.1, -0.05) is 30.3 Å². The number of halogens is 1. The first kappa shape index (κ1) is 26.1. The van der Waals surface area contributed by atoms with Crippen LogP contribution in [0, 0.1) is 0 Å². The van der Waals surface area contributed by atoms with Crippen LogP contribution in [-0.2, 0) is 13.1 Å². The fourth-order valence-electron chi connectivity index (χ4n) is 4.07. The Balaban J connectivity index is 0.00000363. The van der Waals surface area contributed by atoms with E-state index in [1.807, 2.05) is 12.1 Å². The lowest BCUT2D eigenvalue weighted by molar-refractivity contribution is 0.245. The van der Waals surface area contributed by atoms with Crippen molar-refractivity contribution in [2.24, 2.45) is 4.99 Å². The van der Waals surface area contributed by atoms with Crippen LogP contribution in [0.3, 0.4) is 0 Å². The smallest absolute Gasteiger partial charge is 0.203 e. The van der Waals surface area contributed by atoms with Gasteiger partial charge in [0.25, 0.3) is 0 Å². The van der Waals surface area contributed by atoms with Gasteiger partial charge in [0.1, 0.15) is 0 Å². The molecule has 32 heavy (non-hydrogen) atoms. The zero-order valence-corrected chi connectivity index (χ0v) is 21.7. The van der Waals surface area contributed by atoms with Gasteiger partial charge in [0.15, 0.2) is 17.5 Å². The molecule has 1 unspecified atom stereocenters. The molecule has 0 amide bonds. The normalized spacial score (nSPS) is 16.2. The van der Waals surface area contributed by atoms with E-state index in [4.69, 9.17) is 14.2 Å². The molecule has 2 aromatic carbocycles. The highest BCUT2D eigenvalue weighted by molar-refractivity contribution is 14.0. The first-order chi connectivity index (χ1) is 15.2. The molecule has 1 fully saturated rings. The molecule has 7 nitrogen and oxygen atoms in total. The molecule has 0 aliphatic carbocycles. The summed E-state index contributed by atoms with van der Waals surface area (Å²) in [4.78, 5) is 6.93. The second-order valence-electron chi connectivity index (χ2n) is 7.55. The van der Waals surface area contributed by atoms with Gasteiger partial charge < -0.3 is 24.8 Å². The lowest BCUT2D eigenvalue weighted by atomic mass is 10.1. The van der Waals surface area contributed by atoms with E-state index in [2.05, 4.69) is 50.9 Å². The molecule has 0 aromatic heterocycles. The van der Waals surface area contributed by atoms with Crippen LogP contribution in [0.15, 0.2) is 47.5 Å². The van der Waals surface area contributed by atoms with Gasteiger partial charge in [-0.15, -0.1) is 24.0 Å². The predicted octanol–water partition coefficient (Wildman–Crippen LogP) is 3.66. The number of aliphatic imine (C=N–C) groups is 1. The van der Waals surface area contributed by atoms with Gasteiger partial charge in [0.2, 0.25) is 5.75 Å². The van der Waals surface area contributed by atoms with Crippen LogP contribution in [0.4, 0.5) is 0 Å². The highest BCUT2D eigenvalue weighted by Crippen LogP contribution is 2.39. The third-order valence-electron chi connectivity index (χ3n) is 5.69. The average molecular weight is 554 g/mol. The number of hydrogen-bond acceptors (Lipinski definition) is 5. The molecule has 2 aromatic rings. The average Bonchev–Trinajstić information content (AvgIpc) is 3.25. The third-order valence-corrected chi connectivity index (χ3v) is 5.69. The van der Waals surface area contributed by atoms with Gasteiger partial charge >= 0.3 is 0 Å². The maximum absolute atomic E-state index is 5.58. The van der Waals surface area contributed by atoms with E-state index in [1.165, 1.54) is 18.4 Å². The minimum absolute atomic E-state index is 0. The number of guanidine groups is 1. The number of nitrogens with one attached hydrogen (secondary N) is 2. The van der Waals surface area contributed by atoms with Crippen molar-refractivity contribution in [2.75, 3.05) is 41.5 Å². The van der Waals surface area contributed by atoms with Crippen molar-refractivity contribution in [1.29, 1.82) is 0 Å². The predicted molar refractivity (Wildman–Crippen MR) is 140 cm³/mol. The molecule has 0 radical (unpaired) electrons. The van der Waals surface area contributed by atoms with Crippen LogP contribution in [0.2, 0.25) is 0 Å². The summed E-state index contributed by atoms with van der Waals surface area (Å²) in [6.45, 7) is 3.54. The molecule has 0 bridgehead atoms. The van der Waals surface area contributed by atoms with Crippen LogP contribution >= 0.6 is 24.0 Å². The number of rotatable bonds is 9. The quantitative estimate of drug-likeness (QED) is 0.280. The third kappa shape index (κ3) is 6.65. The Bertz CT molecular complexity index is 864. The molecule has 1 saturated heterocycles. The minimum Gasteiger partial charge on any atom is -0.493 e. The molecule has 0 spiro atoms. The lowest BCUT2D eigenvalue weighted by Gasteiger charge is -2.25. The zero-order valence-electron chi connectivity index (χ0n) is 19.4. The Morgan fingerprint density at radius 1 is 1.00 bits per heavy atom. The second kappa shape index (κ2) is 13.4. The van der Waals surface area contributed by atoms with Crippen molar-refractivity contribution in [3.05, 3.63) is 53.6 Å². The highest BCUT2D eigenvalue weighted by atomic mass is 127. The van der Waals surface area contributed by atoms with Crippen molar-refractivity contribution >= 4 is 29.9 Å². The van der Waals surface area contributed by atoms with Crippen molar-refractivity contribution in [3.63, 3.8) is 0 Å². The van der Waals surface area contributed by atoms with Gasteiger partial charge in [-0.05, 0) is 37.1 Å². The lowest BCUT2D eigenvalue weighted by Crippen LogP contribution is -2.44. The van der Waals surface area contributed by atoms with Gasteiger partial charge in [-0.2, -0.15) is 0 Å². The molecule has 2 N–H and O–H groups in total. The summed E-state index contributed by atoms with van der Waals surface area (Å²) in [5, 5.41) is 6.87. The summed E-state index contributed by atoms with van der Waals surface area (Å²) in [6, 6.07) is 15.0. The second-order valence-corrected chi connectivity index (χ2v) is 7.55. The monoisotopic (exact) mass is 554 g/mol. The number of nitrogens with zero attached hydrogens (tertiary/aromatic N) is 2. The SMILES string of the molecule is CN=C(NCc1ccc(OC)c(OC)c1OC)NCC1CCCN1Cc1ccccc1.I. The van der Waals surface area contributed by atoms with E-state index < -0.39 is 0 Å². The van der Waals surface area contributed by atoms with Crippen LogP contribution in [-0.4, -0.2) is 58.4 Å². The Kier molecular flexibility index (Phi) is 10.9. The number of methoxy groups -OCH3 is 3. The van der Waals surface area contributed by atoms with Crippen LogP contribution in [0.25, 0.3) is 0 Å². The zero-order chi connectivity index (χ0) is 22.1. The number of ether oxygens (including phenoxy) is 3. The highest BCUT2D eigenvalue weighted by Gasteiger charge is 2.24. The molecule has 176 valence electrons. The summed E-state index contributed by atoms with van der Waals surface area (Å²) in [7, 11) is 6.65. The molecule has 1 heterocycles. The summed E-state index contributed by atoms with van der Waals surface area (Å²) >= 11 is 0. The van der Waals surface area contributed by atoms with E-state index in [1.54, 1.807) is 28.4 Å². The topological polar surface area (TPSA) is 67.4 Å². The van der Waals surface area contributed by atoms with Gasteiger partial charge in [0, 0.05) is 38.3 Å². The van der Waals surface area contributed by atoms with E-state index in [9.17, 15) is 0 Å². The molecule has 8 heteroatoms. The molecular formula is C24H35IN4O3. The number of likely N-dealkylation sites (tertiary alicyclic amines) is 1. The molecule has 1 atom stereocenters. The standard InChI is InChI=1S/C24H34N4O3.HI/c1-25-24(26-15-19-12-13-21(29-2)23(31-4)22(19)30-3)27-16-20-11-8-14-28(20)17-18-9-6-5-7-10-18;/h5-7,9-10,12-13,20H,8,11,14-17H2,1-4H3,(H2,25,26,27);1H. The fraction of sp³-hybridized carbons (Fsp3) is 0.458. The van der Waals surface area contributed by atoms with Crippen molar-refractivity contribution in [3.8, 4) is 17.2 Å². The summed E-state index contributed by atoms with van der Waals surface area (Å²) < 4.78 is 16.4. The number of hydrogen-bond donors (Lipinski definition) is 2. The molecule has 1 aliphatic heterocycles. The van der Waals surface area contributed by atoms with E-state index in [0.717, 1.165) is 31.2 Å². The van der Waals surface area contributed by atoms with E-state index >= 15 is 0 Å². The summed E-state index contributed by atoms with van der Waals surface area (Å²) in [5.74, 6) is 2.66. The molecule has 0 saturated carbocycles. The van der Waals surface area contributed by atoms with Gasteiger partial charge in [-0.3, -0.25) is 9.89 Å². The Hall–Kier alpha value is -2.20. The van der Waals surface area contributed by atoms with Gasteiger partial charge in [-0.25, -0.2) is 0 Å². The number of benzene rings is 2. The Morgan fingerprint density at radius 3 is 2.41 bits per heavy atom. The minimum atomic E-state index is 0. The maximum atomic E-state index is 5.58. The molecular weight excluding hydrogens is 519 g/mol. The largest absolute Gasteiger partial charge is 0.493 e. The first-order valence-corrected chi connectivity index (χ1v) is 10.7. The van der Waals surface area contributed by atoms with Crippen molar-refractivity contribution in [2.45, 2.75) is 32.0 Å².